The van der Waals surface area contributed by atoms with Crippen molar-refractivity contribution in [2.24, 2.45) is 0 Å². The van der Waals surface area contributed by atoms with E-state index < -0.39 is 0 Å². The van der Waals surface area contributed by atoms with Crippen molar-refractivity contribution in [3.05, 3.63) is 42.1 Å². The molecule has 1 aromatic carbocycles. The second kappa shape index (κ2) is 5.40. The van der Waals surface area contributed by atoms with Crippen molar-refractivity contribution in [2.75, 3.05) is 12.3 Å². The van der Waals surface area contributed by atoms with Gasteiger partial charge >= 0.3 is 0 Å². The van der Waals surface area contributed by atoms with Gasteiger partial charge < -0.3 is 16.0 Å². The van der Waals surface area contributed by atoms with Crippen LogP contribution in [0.15, 0.2) is 36.5 Å². The van der Waals surface area contributed by atoms with Crippen molar-refractivity contribution >= 4 is 22.5 Å². The first-order chi connectivity index (χ1) is 8.72. The number of anilines is 1. The molecule has 1 heterocycles. The van der Waals surface area contributed by atoms with Crippen molar-refractivity contribution < 1.29 is 4.79 Å². The minimum atomic E-state index is -0.0597. The summed E-state index contributed by atoms with van der Waals surface area (Å²) in [7, 11) is 0. The van der Waals surface area contributed by atoms with Gasteiger partial charge in [0, 0.05) is 29.3 Å². The first-order valence-corrected chi connectivity index (χ1v) is 5.98. The zero-order chi connectivity index (χ0) is 13.0. The van der Waals surface area contributed by atoms with Gasteiger partial charge in [-0.3, -0.25) is 4.79 Å². The van der Waals surface area contributed by atoms with E-state index in [0.717, 1.165) is 17.3 Å². The van der Waals surface area contributed by atoms with Crippen molar-refractivity contribution in [3.8, 4) is 0 Å². The first kappa shape index (κ1) is 12.2. The van der Waals surface area contributed by atoms with Crippen LogP contribution >= 0.6 is 0 Å². The van der Waals surface area contributed by atoms with Gasteiger partial charge in [0.1, 0.15) is 0 Å². The number of H-pyrrole nitrogens is 1. The van der Waals surface area contributed by atoms with Gasteiger partial charge in [-0.2, -0.15) is 0 Å². The lowest BCUT2D eigenvalue weighted by molar-refractivity contribution is 0.0956. The van der Waals surface area contributed by atoms with Gasteiger partial charge in [0.05, 0.1) is 5.56 Å². The van der Waals surface area contributed by atoms with Crippen LogP contribution < -0.4 is 11.1 Å². The summed E-state index contributed by atoms with van der Waals surface area (Å²) in [6, 6.07) is 5.49. The van der Waals surface area contributed by atoms with E-state index in [-0.39, 0.29) is 5.91 Å². The largest absolute Gasteiger partial charge is 0.399 e. The number of hydrogen-bond acceptors (Lipinski definition) is 2. The summed E-state index contributed by atoms with van der Waals surface area (Å²) in [5.74, 6) is -0.0597. The summed E-state index contributed by atoms with van der Waals surface area (Å²) < 4.78 is 0. The van der Waals surface area contributed by atoms with Crippen LogP contribution in [0.3, 0.4) is 0 Å². The van der Waals surface area contributed by atoms with Crippen LogP contribution in [0.1, 0.15) is 23.7 Å². The molecular weight excluding hydrogens is 226 g/mol. The number of carbonyl (C=O) groups is 1. The number of nitrogens with two attached hydrogens (primary N) is 1. The van der Waals surface area contributed by atoms with Gasteiger partial charge in [0.25, 0.3) is 5.91 Å². The fourth-order valence-corrected chi connectivity index (χ4v) is 1.86. The van der Waals surface area contributed by atoms with Crippen molar-refractivity contribution in [1.29, 1.82) is 0 Å². The van der Waals surface area contributed by atoms with E-state index in [1.54, 1.807) is 12.3 Å². The van der Waals surface area contributed by atoms with E-state index in [0.29, 0.717) is 17.8 Å². The lowest BCUT2D eigenvalue weighted by Crippen LogP contribution is -2.23. The number of rotatable bonds is 4. The SMILES string of the molecule is C/C=C/CCNC(=O)c1c[nH]c2cc(N)ccc12. The Kier molecular flexibility index (Phi) is 3.67. The number of amides is 1. The maximum absolute atomic E-state index is 12.0. The molecule has 4 N–H and O–H groups in total. The summed E-state index contributed by atoms with van der Waals surface area (Å²) in [5.41, 5.74) is 7.92. The molecule has 0 radical (unpaired) electrons. The van der Waals surface area contributed by atoms with Crippen molar-refractivity contribution in [3.63, 3.8) is 0 Å². The molecule has 0 spiro atoms. The Morgan fingerprint density at radius 3 is 3.11 bits per heavy atom. The van der Waals surface area contributed by atoms with Gasteiger partial charge in [0.2, 0.25) is 0 Å². The number of benzene rings is 1. The third kappa shape index (κ3) is 2.53. The van der Waals surface area contributed by atoms with Gasteiger partial charge in [-0.1, -0.05) is 12.2 Å². The van der Waals surface area contributed by atoms with E-state index in [9.17, 15) is 4.79 Å². The second-order valence-electron chi connectivity index (χ2n) is 4.12. The summed E-state index contributed by atoms with van der Waals surface area (Å²) in [6.45, 7) is 2.61. The number of hydrogen-bond donors (Lipinski definition) is 3. The number of fused-ring (bicyclic) bond motifs is 1. The molecule has 0 aliphatic heterocycles. The highest BCUT2D eigenvalue weighted by atomic mass is 16.1. The summed E-state index contributed by atoms with van der Waals surface area (Å²) in [5, 5.41) is 3.78. The van der Waals surface area contributed by atoms with Crippen LogP contribution in [0.2, 0.25) is 0 Å². The van der Waals surface area contributed by atoms with Crippen LogP contribution in [-0.4, -0.2) is 17.4 Å². The highest BCUT2D eigenvalue weighted by molar-refractivity contribution is 6.07. The summed E-state index contributed by atoms with van der Waals surface area (Å²) >= 11 is 0. The molecule has 0 saturated heterocycles. The number of carbonyl (C=O) groups excluding carboxylic acids is 1. The van der Waals surface area contributed by atoms with Crippen molar-refractivity contribution in [2.45, 2.75) is 13.3 Å². The molecule has 18 heavy (non-hydrogen) atoms. The Bertz CT molecular complexity index is 584. The molecule has 4 nitrogen and oxygen atoms in total. The Morgan fingerprint density at radius 2 is 2.33 bits per heavy atom. The topological polar surface area (TPSA) is 70.9 Å². The first-order valence-electron chi connectivity index (χ1n) is 5.98. The number of aromatic amines is 1. The van der Waals surface area contributed by atoms with Gasteiger partial charge in [-0.05, 0) is 31.5 Å². The smallest absolute Gasteiger partial charge is 0.253 e. The minimum Gasteiger partial charge on any atom is -0.399 e. The molecule has 94 valence electrons. The fraction of sp³-hybridized carbons (Fsp3) is 0.214. The third-order valence-electron chi connectivity index (χ3n) is 2.78. The maximum Gasteiger partial charge on any atom is 0.253 e. The molecule has 1 amide bonds. The molecular formula is C14H17N3O. The van der Waals surface area contributed by atoms with Gasteiger partial charge in [0.15, 0.2) is 0 Å². The zero-order valence-corrected chi connectivity index (χ0v) is 10.4. The Labute approximate surface area is 106 Å². The van der Waals surface area contributed by atoms with Crippen LogP contribution in [0.5, 0.6) is 0 Å². The number of nitrogens with one attached hydrogen (secondary N) is 2. The molecule has 1 aromatic heterocycles. The predicted molar refractivity (Wildman–Crippen MR) is 74.5 cm³/mol. The molecule has 0 aliphatic rings. The summed E-state index contributed by atoms with van der Waals surface area (Å²) in [6.07, 6.45) is 6.56. The van der Waals surface area contributed by atoms with Crippen LogP contribution in [0.25, 0.3) is 10.9 Å². The molecule has 0 bridgehead atoms. The average molecular weight is 243 g/mol. The highest BCUT2D eigenvalue weighted by Gasteiger charge is 2.10. The fourth-order valence-electron chi connectivity index (χ4n) is 1.86. The van der Waals surface area contributed by atoms with E-state index in [1.807, 2.05) is 31.2 Å². The van der Waals surface area contributed by atoms with E-state index in [4.69, 9.17) is 5.73 Å². The van der Waals surface area contributed by atoms with Gasteiger partial charge in [-0.15, -0.1) is 0 Å². The van der Waals surface area contributed by atoms with Crippen LogP contribution in [-0.2, 0) is 0 Å². The Morgan fingerprint density at radius 1 is 1.50 bits per heavy atom. The lowest BCUT2D eigenvalue weighted by atomic mass is 10.1. The number of nitrogen functional groups attached to an aromatic ring is 1. The second-order valence-corrected chi connectivity index (χ2v) is 4.12. The normalized spacial score (nSPS) is 11.2. The predicted octanol–water partition coefficient (Wildman–Crippen LogP) is 2.45. The molecule has 0 aliphatic carbocycles. The number of allylic oxidation sites excluding steroid dienone is 1. The molecule has 2 rings (SSSR count). The molecule has 2 aromatic rings. The molecule has 0 saturated carbocycles. The third-order valence-corrected chi connectivity index (χ3v) is 2.78. The minimum absolute atomic E-state index is 0.0597. The maximum atomic E-state index is 12.0. The summed E-state index contributed by atoms with van der Waals surface area (Å²) in [4.78, 5) is 15.0. The highest BCUT2D eigenvalue weighted by Crippen LogP contribution is 2.20. The van der Waals surface area contributed by atoms with E-state index in [2.05, 4.69) is 10.3 Å². The molecule has 0 unspecified atom stereocenters. The lowest BCUT2D eigenvalue weighted by Gasteiger charge is -2.02. The standard InChI is InChI=1S/C14H17N3O/c1-2-3-4-7-16-14(18)12-9-17-13-8-10(15)5-6-11(12)13/h2-3,5-6,8-9,17H,4,7,15H2,1H3,(H,16,18)/b3-2+. The zero-order valence-electron chi connectivity index (χ0n) is 10.4. The van der Waals surface area contributed by atoms with Crippen LogP contribution in [0, 0.1) is 0 Å². The molecule has 4 heteroatoms. The van der Waals surface area contributed by atoms with Crippen molar-refractivity contribution in [1.82, 2.24) is 10.3 Å². The Balaban J connectivity index is 2.13. The number of aromatic nitrogens is 1. The van der Waals surface area contributed by atoms with Crippen LogP contribution in [0.4, 0.5) is 5.69 Å². The molecule has 0 atom stereocenters. The van der Waals surface area contributed by atoms with Gasteiger partial charge in [-0.25, -0.2) is 0 Å². The Hall–Kier alpha value is -2.23. The quantitative estimate of drug-likeness (QED) is 0.438. The average Bonchev–Trinajstić information content (AvgIpc) is 2.77. The molecule has 0 fully saturated rings. The van der Waals surface area contributed by atoms with E-state index >= 15 is 0 Å². The van der Waals surface area contributed by atoms with E-state index in [1.165, 1.54) is 0 Å². The monoisotopic (exact) mass is 243 g/mol.